The Labute approximate surface area is 280 Å². The van der Waals surface area contributed by atoms with E-state index in [2.05, 4.69) is 204 Å². The maximum absolute atomic E-state index is 2.35. The van der Waals surface area contributed by atoms with Gasteiger partial charge in [0.05, 0.1) is 11.0 Å². The van der Waals surface area contributed by atoms with E-state index in [9.17, 15) is 0 Å². The first-order valence-electron chi connectivity index (χ1n) is 16.4. The van der Waals surface area contributed by atoms with Crippen LogP contribution in [0.3, 0.4) is 0 Å². The van der Waals surface area contributed by atoms with Gasteiger partial charge in [-0.15, -0.1) is 0 Å². The lowest BCUT2D eigenvalue weighted by molar-refractivity contribution is 1.27. The maximum atomic E-state index is 2.35. The van der Waals surface area contributed by atoms with Gasteiger partial charge >= 0.3 is 0 Å². The first-order valence-corrected chi connectivity index (χ1v) is 16.4. The number of aromatic nitrogens is 1. The van der Waals surface area contributed by atoms with Gasteiger partial charge in [-0.1, -0.05) is 140 Å². The lowest BCUT2D eigenvalue weighted by Gasteiger charge is -2.25. The summed E-state index contributed by atoms with van der Waals surface area (Å²) in [6.45, 7) is 0. The van der Waals surface area contributed by atoms with Crippen LogP contribution in [0.5, 0.6) is 0 Å². The van der Waals surface area contributed by atoms with E-state index < -0.39 is 0 Å². The highest BCUT2D eigenvalue weighted by Gasteiger charge is 2.17. The third-order valence-corrected chi connectivity index (χ3v) is 9.41. The molecule has 0 saturated heterocycles. The molecule has 0 aliphatic heterocycles. The van der Waals surface area contributed by atoms with Crippen LogP contribution in [-0.2, 0) is 0 Å². The zero-order valence-corrected chi connectivity index (χ0v) is 26.4. The Morgan fingerprint density at radius 3 is 1.52 bits per heavy atom. The Bertz CT molecular complexity index is 2470. The average molecular weight is 613 g/mol. The van der Waals surface area contributed by atoms with E-state index in [4.69, 9.17) is 0 Å². The summed E-state index contributed by atoms with van der Waals surface area (Å²) in [5.74, 6) is 0. The van der Waals surface area contributed by atoms with Crippen LogP contribution >= 0.6 is 0 Å². The molecule has 0 bridgehead atoms. The molecule has 9 aromatic rings. The number of nitrogens with zero attached hydrogens (tertiary/aromatic N) is 2. The van der Waals surface area contributed by atoms with Gasteiger partial charge in [0.1, 0.15) is 0 Å². The zero-order valence-electron chi connectivity index (χ0n) is 26.4. The number of hydrogen-bond acceptors (Lipinski definition) is 1. The number of rotatable bonds is 6. The smallest absolute Gasteiger partial charge is 0.0619 e. The van der Waals surface area contributed by atoms with Crippen molar-refractivity contribution in [3.8, 4) is 33.4 Å². The van der Waals surface area contributed by atoms with Crippen LogP contribution in [-0.4, -0.2) is 4.40 Å². The number of fused-ring (bicyclic) bond motifs is 5. The molecule has 0 aliphatic rings. The lowest BCUT2D eigenvalue weighted by Crippen LogP contribution is -2.09. The first-order chi connectivity index (χ1) is 23.8. The van der Waals surface area contributed by atoms with Crippen molar-refractivity contribution in [2.75, 3.05) is 4.90 Å². The van der Waals surface area contributed by atoms with Crippen LogP contribution in [0.2, 0.25) is 0 Å². The molecule has 0 spiro atoms. The molecule has 0 amide bonds. The summed E-state index contributed by atoms with van der Waals surface area (Å²) >= 11 is 0. The summed E-state index contributed by atoms with van der Waals surface area (Å²) < 4.78 is 2.35. The van der Waals surface area contributed by atoms with Gasteiger partial charge in [0.2, 0.25) is 0 Å². The number of benzene rings is 7. The third kappa shape index (κ3) is 4.74. The predicted molar refractivity (Wildman–Crippen MR) is 203 cm³/mol. The number of hydrogen-bond donors (Lipinski definition) is 0. The molecule has 0 fully saturated rings. The Hall–Kier alpha value is -6.38. The van der Waals surface area contributed by atoms with Crippen molar-refractivity contribution in [1.29, 1.82) is 0 Å². The van der Waals surface area contributed by atoms with Gasteiger partial charge in [-0.25, -0.2) is 0 Å². The number of pyridine rings is 1. The molecule has 7 aromatic carbocycles. The minimum Gasteiger partial charge on any atom is -0.315 e. The Morgan fingerprint density at radius 2 is 0.854 bits per heavy atom. The minimum absolute atomic E-state index is 1.13. The van der Waals surface area contributed by atoms with Gasteiger partial charge in [-0.05, 0) is 81.7 Å². The van der Waals surface area contributed by atoms with E-state index in [-0.39, 0.29) is 0 Å². The summed E-state index contributed by atoms with van der Waals surface area (Å²) in [5.41, 5.74) is 13.2. The van der Waals surface area contributed by atoms with Crippen LogP contribution in [0.15, 0.2) is 194 Å². The van der Waals surface area contributed by atoms with Crippen molar-refractivity contribution < 1.29 is 0 Å². The third-order valence-electron chi connectivity index (χ3n) is 9.41. The van der Waals surface area contributed by atoms with E-state index >= 15 is 0 Å². The fourth-order valence-electron chi connectivity index (χ4n) is 7.18. The topological polar surface area (TPSA) is 7.65 Å². The monoisotopic (exact) mass is 612 g/mol. The number of para-hydroxylation sites is 3. The van der Waals surface area contributed by atoms with Crippen molar-refractivity contribution in [1.82, 2.24) is 4.40 Å². The summed E-state index contributed by atoms with van der Waals surface area (Å²) in [4.78, 5) is 2.29. The zero-order chi connectivity index (χ0) is 31.9. The predicted octanol–water partition coefficient (Wildman–Crippen LogP) is 12.7. The molecule has 2 heteroatoms. The first kappa shape index (κ1) is 27.9. The molecular weight excluding hydrogens is 581 g/mol. The molecule has 0 radical (unpaired) electrons. The van der Waals surface area contributed by atoms with E-state index in [0.717, 1.165) is 17.1 Å². The van der Waals surface area contributed by atoms with Crippen molar-refractivity contribution in [3.05, 3.63) is 194 Å². The Balaban J connectivity index is 1.10. The number of anilines is 3. The normalized spacial score (nSPS) is 11.3. The molecular formula is C46H32N2. The van der Waals surface area contributed by atoms with E-state index in [1.165, 1.54) is 60.6 Å². The van der Waals surface area contributed by atoms with E-state index in [1.54, 1.807) is 0 Å². The Morgan fingerprint density at radius 1 is 0.333 bits per heavy atom. The van der Waals surface area contributed by atoms with Crippen LogP contribution in [0.4, 0.5) is 17.1 Å². The second-order valence-electron chi connectivity index (χ2n) is 12.2. The molecule has 48 heavy (non-hydrogen) atoms. The van der Waals surface area contributed by atoms with E-state index in [1.807, 2.05) is 0 Å². The quantitative estimate of drug-likeness (QED) is 0.181. The molecule has 0 unspecified atom stereocenters. The van der Waals surface area contributed by atoms with Crippen LogP contribution < -0.4 is 4.90 Å². The molecule has 2 heterocycles. The van der Waals surface area contributed by atoms with Gasteiger partial charge in [-0.2, -0.15) is 0 Å². The molecule has 0 saturated carbocycles. The summed E-state index contributed by atoms with van der Waals surface area (Å²) in [5, 5.41) is 3.78. The standard InChI is InChI=1S/C46H32N2/c1-4-13-36(14-5-1)45-43-19-10-11-22-44(43)47-32-31-41-40(20-12-21-42(41)46(45)47)35-25-23-33(24-26-35)34-27-29-39(30-28-34)48(37-15-6-2-7-16-37)38-17-8-3-9-18-38/h1-32H. The van der Waals surface area contributed by atoms with Gasteiger partial charge in [0.15, 0.2) is 0 Å². The van der Waals surface area contributed by atoms with Crippen molar-refractivity contribution in [2.24, 2.45) is 0 Å². The largest absolute Gasteiger partial charge is 0.315 e. The summed E-state index contributed by atoms with van der Waals surface area (Å²) in [6.07, 6.45) is 2.24. The maximum Gasteiger partial charge on any atom is 0.0619 e. The summed E-state index contributed by atoms with van der Waals surface area (Å²) in [6, 6.07) is 67.4. The Kier molecular flexibility index (Phi) is 6.84. The molecule has 9 rings (SSSR count). The van der Waals surface area contributed by atoms with Gasteiger partial charge in [0.25, 0.3) is 0 Å². The molecule has 0 N–H and O–H groups in total. The fraction of sp³-hybridized carbons (Fsp3) is 0. The van der Waals surface area contributed by atoms with Crippen molar-refractivity contribution >= 4 is 44.3 Å². The molecule has 2 aromatic heterocycles. The van der Waals surface area contributed by atoms with Crippen LogP contribution in [0.25, 0.3) is 60.6 Å². The molecule has 226 valence electrons. The molecule has 2 nitrogen and oxygen atoms in total. The highest BCUT2D eigenvalue weighted by Crippen LogP contribution is 2.41. The van der Waals surface area contributed by atoms with Crippen LogP contribution in [0, 0.1) is 0 Å². The van der Waals surface area contributed by atoms with Crippen molar-refractivity contribution in [2.45, 2.75) is 0 Å². The van der Waals surface area contributed by atoms with Gasteiger partial charge in [0, 0.05) is 39.6 Å². The molecule has 0 atom stereocenters. The lowest BCUT2D eigenvalue weighted by atomic mass is 9.95. The minimum atomic E-state index is 1.13. The fourth-order valence-corrected chi connectivity index (χ4v) is 7.18. The highest BCUT2D eigenvalue weighted by atomic mass is 15.1. The van der Waals surface area contributed by atoms with Crippen LogP contribution in [0.1, 0.15) is 0 Å². The second-order valence-corrected chi connectivity index (χ2v) is 12.2. The highest BCUT2D eigenvalue weighted by molar-refractivity contribution is 6.16. The van der Waals surface area contributed by atoms with E-state index in [0.29, 0.717) is 0 Å². The second kappa shape index (κ2) is 11.8. The average Bonchev–Trinajstić information content (AvgIpc) is 3.51. The SMILES string of the molecule is c1ccc(-c2c3ccccc3n3ccc4c(-c5ccc(-c6ccc(N(c7ccccc7)c7ccccc7)cc6)cc5)cccc4c23)cc1. The summed E-state index contributed by atoms with van der Waals surface area (Å²) in [7, 11) is 0. The molecule has 0 aliphatic carbocycles. The van der Waals surface area contributed by atoms with Crippen molar-refractivity contribution in [3.63, 3.8) is 0 Å². The van der Waals surface area contributed by atoms with Gasteiger partial charge < -0.3 is 9.30 Å². The van der Waals surface area contributed by atoms with Gasteiger partial charge in [-0.3, -0.25) is 0 Å².